The highest BCUT2D eigenvalue weighted by molar-refractivity contribution is 5.71. The van der Waals surface area contributed by atoms with Crippen molar-refractivity contribution in [2.24, 2.45) is 0 Å². The zero-order valence-electron chi connectivity index (χ0n) is 23.1. The number of hydrogen-bond donors (Lipinski definition) is 0. The number of halogens is 6. The predicted octanol–water partition coefficient (Wildman–Crippen LogP) is 7.70. The molecule has 2 aromatic carbocycles. The maximum absolute atomic E-state index is 14.4. The summed E-state index contributed by atoms with van der Waals surface area (Å²) < 4.78 is 96.7. The van der Waals surface area contributed by atoms with E-state index in [9.17, 15) is 31.1 Å². The molecule has 0 unspecified atom stereocenters. The van der Waals surface area contributed by atoms with E-state index in [4.69, 9.17) is 9.47 Å². The first-order valence-corrected chi connectivity index (χ1v) is 12.8. The summed E-state index contributed by atoms with van der Waals surface area (Å²) in [5.41, 5.74) is -5.52. The van der Waals surface area contributed by atoms with Crippen LogP contribution in [-0.4, -0.2) is 54.6 Å². The molecule has 0 N–H and O–H groups in total. The number of carbonyl (C=O) groups is 1. The van der Waals surface area contributed by atoms with Crippen LogP contribution in [0.25, 0.3) is 6.08 Å². The van der Waals surface area contributed by atoms with Crippen LogP contribution < -0.4 is 4.90 Å². The first-order chi connectivity index (χ1) is 18.5. The highest BCUT2D eigenvalue weighted by Crippen LogP contribution is 2.54. The average Bonchev–Trinajstić information content (AvgIpc) is 2.83. The van der Waals surface area contributed by atoms with E-state index in [1.165, 1.54) is 47.4 Å². The van der Waals surface area contributed by atoms with Gasteiger partial charge < -0.3 is 19.3 Å². The Morgan fingerprint density at radius 3 is 2.12 bits per heavy atom. The van der Waals surface area contributed by atoms with Gasteiger partial charge in [0.25, 0.3) is 5.60 Å². The molecule has 5 nitrogen and oxygen atoms in total. The van der Waals surface area contributed by atoms with E-state index in [1.807, 2.05) is 11.8 Å². The highest BCUT2D eigenvalue weighted by Gasteiger charge is 2.73. The molecule has 1 heterocycles. The second kappa shape index (κ2) is 11.7. The van der Waals surface area contributed by atoms with Crippen LogP contribution in [-0.2, 0) is 21.7 Å². The van der Waals surface area contributed by atoms with E-state index in [0.29, 0.717) is 12.2 Å². The number of piperazine rings is 1. The van der Waals surface area contributed by atoms with Gasteiger partial charge in [-0.25, -0.2) is 4.79 Å². The quantitative estimate of drug-likeness (QED) is 0.333. The van der Waals surface area contributed by atoms with Gasteiger partial charge in [0.2, 0.25) is 0 Å². The van der Waals surface area contributed by atoms with Gasteiger partial charge in [0.05, 0.1) is 6.61 Å². The van der Waals surface area contributed by atoms with E-state index in [-0.39, 0.29) is 30.3 Å². The first kappa shape index (κ1) is 31.3. The number of rotatable bonds is 6. The summed E-state index contributed by atoms with van der Waals surface area (Å²) in [5.74, 6) is 0. The lowest BCUT2D eigenvalue weighted by molar-refractivity contribution is -0.392. The van der Waals surface area contributed by atoms with Crippen molar-refractivity contribution in [3.8, 4) is 0 Å². The average molecular weight is 573 g/mol. The molecule has 2 aromatic rings. The van der Waals surface area contributed by atoms with Crippen molar-refractivity contribution in [3.63, 3.8) is 0 Å². The largest absolute Gasteiger partial charge is 0.444 e. The van der Waals surface area contributed by atoms with E-state index in [2.05, 4.69) is 0 Å². The highest BCUT2D eigenvalue weighted by atomic mass is 19.4. The van der Waals surface area contributed by atoms with Crippen molar-refractivity contribution in [2.45, 2.75) is 70.8 Å². The molecule has 0 saturated carbocycles. The van der Waals surface area contributed by atoms with E-state index < -0.39 is 41.8 Å². The van der Waals surface area contributed by atoms with Gasteiger partial charge in [-0.15, -0.1) is 0 Å². The number of carbonyl (C=O) groups excluding carboxylic acids is 1. The molecule has 1 fully saturated rings. The predicted molar refractivity (Wildman–Crippen MR) is 141 cm³/mol. The second-order valence-corrected chi connectivity index (χ2v) is 10.7. The van der Waals surface area contributed by atoms with Crippen LogP contribution in [0.5, 0.6) is 0 Å². The van der Waals surface area contributed by atoms with Gasteiger partial charge in [-0.05, 0) is 57.9 Å². The lowest BCUT2D eigenvalue weighted by Gasteiger charge is -2.42. The maximum Gasteiger partial charge on any atom is 0.430 e. The van der Waals surface area contributed by atoms with Crippen LogP contribution in [0.2, 0.25) is 0 Å². The van der Waals surface area contributed by atoms with Crippen LogP contribution in [0.1, 0.15) is 51.3 Å². The van der Waals surface area contributed by atoms with Crippen molar-refractivity contribution in [1.29, 1.82) is 0 Å². The number of nitrogens with zero attached hydrogens (tertiary/aromatic N) is 2. The van der Waals surface area contributed by atoms with Gasteiger partial charge in [0.1, 0.15) is 5.60 Å². The van der Waals surface area contributed by atoms with Crippen LogP contribution in [0.4, 0.5) is 36.8 Å². The summed E-state index contributed by atoms with van der Waals surface area (Å²) in [6.45, 7) is 8.63. The topological polar surface area (TPSA) is 42.0 Å². The Hall–Kier alpha value is -3.21. The normalized spacial score (nSPS) is 17.4. The Kier molecular flexibility index (Phi) is 9.18. The van der Waals surface area contributed by atoms with Gasteiger partial charge in [0.15, 0.2) is 0 Å². The van der Waals surface area contributed by atoms with E-state index in [1.54, 1.807) is 33.8 Å². The zero-order chi connectivity index (χ0) is 29.9. The molecule has 11 heteroatoms. The van der Waals surface area contributed by atoms with Crippen molar-refractivity contribution in [1.82, 2.24) is 4.90 Å². The molecule has 220 valence electrons. The molecule has 0 aromatic heterocycles. The van der Waals surface area contributed by atoms with Crippen LogP contribution in [0.15, 0.2) is 54.6 Å². The summed E-state index contributed by atoms with van der Waals surface area (Å²) >= 11 is 0. The fraction of sp³-hybridized carbons (Fsp3) is 0.483. The van der Waals surface area contributed by atoms with E-state index >= 15 is 0 Å². The van der Waals surface area contributed by atoms with Crippen LogP contribution in [0.3, 0.4) is 0 Å². The van der Waals surface area contributed by atoms with Crippen molar-refractivity contribution >= 4 is 17.9 Å². The number of anilines is 1. The molecule has 40 heavy (non-hydrogen) atoms. The minimum absolute atomic E-state index is 0.166. The number of allylic oxidation sites excluding steroid dienone is 1. The number of benzene rings is 2. The lowest BCUT2D eigenvalue weighted by Crippen LogP contribution is -2.56. The fourth-order valence-electron chi connectivity index (χ4n) is 4.66. The number of hydrogen-bond acceptors (Lipinski definition) is 4. The Balaban J connectivity index is 2.01. The number of amides is 1. The van der Waals surface area contributed by atoms with Gasteiger partial charge >= 0.3 is 18.4 Å². The van der Waals surface area contributed by atoms with Gasteiger partial charge in [0, 0.05) is 36.9 Å². The Morgan fingerprint density at radius 2 is 1.60 bits per heavy atom. The Labute approximate surface area is 230 Å². The summed E-state index contributed by atoms with van der Waals surface area (Å²) in [7, 11) is 0. The summed E-state index contributed by atoms with van der Waals surface area (Å²) in [5, 5.41) is 0. The number of ether oxygens (including phenoxy) is 2. The van der Waals surface area contributed by atoms with Gasteiger partial charge in [-0.2, -0.15) is 26.3 Å². The minimum Gasteiger partial charge on any atom is -0.444 e. The molecule has 1 atom stereocenters. The molecule has 0 radical (unpaired) electrons. The van der Waals surface area contributed by atoms with Gasteiger partial charge in [-0.1, -0.05) is 48.6 Å². The third-order valence-electron chi connectivity index (χ3n) is 6.47. The van der Waals surface area contributed by atoms with Crippen LogP contribution in [0, 0.1) is 0 Å². The molecule has 1 aliphatic heterocycles. The van der Waals surface area contributed by atoms with Crippen molar-refractivity contribution in [3.05, 3.63) is 71.3 Å². The maximum atomic E-state index is 14.4. The SMILES string of the molecule is C/C=C\c1cc(C(OCc2ccccc2)(C(F)(F)F)C(F)(F)F)ccc1N1CCN(C(=O)OC(C)(C)C)C[C@@H]1C. The molecular weight excluding hydrogens is 538 g/mol. The van der Waals surface area contributed by atoms with Crippen molar-refractivity contribution in [2.75, 3.05) is 24.5 Å². The molecule has 1 amide bonds. The zero-order valence-corrected chi connectivity index (χ0v) is 23.1. The Bertz CT molecular complexity index is 1170. The third kappa shape index (κ3) is 6.74. The molecule has 0 spiro atoms. The second-order valence-electron chi connectivity index (χ2n) is 10.7. The summed E-state index contributed by atoms with van der Waals surface area (Å²) in [4.78, 5) is 15.9. The monoisotopic (exact) mass is 572 g/mol. The fourth-order valence-corrected chi connectivity index (χ4v) is 4.66. The lowest BCUT2D eigenvalue weighted by atomic mass is 9.89. The molecule has 0 aliphatic carbocycles. The molecule has 0 bridgehead atoms. The standard InChI is InChI=1S/C29H34F6N2O3/c1-6-10-22-17-23(27(28(30,31)32,29(33,34)35)39-19-21-11-8-7-9-12-21)13-14-24(22)37-16-15-36(18-20(37)2)25(38)40-26(3,4)5/h6-14,17,20H,15-16,18-19H2,1-5H3/b10-6-/t20-/m0/s1. The molecule has 3 rings (SSSR count). The van der Waals surface area contributed by atoms with Crippen LogP contribution >= 0.6 is 0 Å². The van der Waals surface area contributed by atoms with Crippen molar-refractivity contribution < 1.29 is 40.6 Å². The minimum atomic E-state index is -5.80. The molecular formula is C29H34F6N2O3. The molecule has 1 saturated heterocycles. The van der Waals surface area contributed by atoms with Gasteiger partial charge in [-0.3, -0.25) is 0 Å². The third-order valence-corrected chi connectivity index (χ3v) is 6.47. The summed E-state index contributed by atoms with van der Waals surface area (Å²) in [6.07, 6.45) is -9.10. The first-order valence-electron chi connectivity index (χ1n) is 12.8. The smallest absolute Gasteiger partial charge is 0.430 e. The number of alkyl halides is 6. The summed E-state index contributed by atoms with van der Waals surface area (Å²) in [6, 6.07) is 10.1. The van der Waals surface area contributed by atoms with E-state index in [0.717, 1.165) is 12.1 Å². The Morgan fingerprint density at radius 1 is 0.975 bits per heavy atom. The molecule has 1 aliphatic rings.